The van der Waals surface area contributed by atoms with Crippen LogP contribution in [0.25, 0.3) is 11.4 Å². The van der Waals surface area contributed by atoms with Gasteiger partial charge in [-0.2, -0.15) is 13.2 Å². The van der Waals surface area contributed by atoms with Gasteiger partial charge in [-0.3, -0.25) is 9.78 Å². The van der Waals surface area contributed by atoms with Crippen molar-refractivity contribution in [3.05, 3.63) is 54.1 Å². The summed E-state index contributed by atoms with van der Waals surface area (Å²) in [5.41, 5.74) is 8.82. The van der Waals surface area contributed by atoms with Crippen LogP contribution in [0.3, 0.4) is 0 Å². The van der Waals surface area contributed by atoms with E-state index in [-0.39, 0.29) is 29.0 Å². The molecule has 4 heterocycles. The maximum Gasteiger partial charge on any atom is 0.418 e. The second kappa shape index (κ2) is 12.6. The van der Waals surface area contributed by atoms with Crippen molar-refractivity contribution in [3.8, 4) is 11.4 Å². The highest BCUT2D eigenvalue weighted by Crippen LogP contribution is 2.39. The van der Waals surface area contributed by atoms with Gasteiger partial charge in [0.25, 0.3) is 5.91 Å². The van der Waals surface area contributed by atoms with E-state index in [2.05, 4.69) is 59.1 Å². The maximum absolute atomic E-state index is 13.6. The fraction of sp³-hybridized carbons (Fsp3) is 0.448. The van der Waals surface area contributed by atoms with E-state index < -0.39 is 49.0 Å². The third kappa shape index (κ3) is 7.68. The van der Waals surface area contributed by atoms with Crippen molar-refractivity contribution in [3.63, 3.8) is 0 Å². The number of hydrogen-bond donors (Lipinski definition) is 3. The number of amides is 2. The van der Waals surface area contributed by atoms with Gasteiger partial charge in [-0.25, -0.2) is 19.7 Å². The number of halogens is 3. The molecule has 16 heteroatoms. The summed E-state index contributed by atoms with van der Waals surface area (Å²) < 4.78 is 52.8. The van der Waals surface area contributed by atoms with Crippen LogP contribution in [-0.2, 0) is 15.3 Å². The Morgan fingerprint density at radius 2 is 1.71 bits per heavy atom. The Bertz CT molecular complexity index is 1560. The second-order valence-corrected chi connectivity index (χ2v) is 17.2. The van der Waals surface area contributed by atoms with E-state index in [1.54, 1.807) is 12.1 Å². The van der Waals surface area contributed by atoms with Crippen molar-refractivity contribution in [2.45, 2.75) is 63.5 Å². The molecule has 1 aliphatic heterocycles. The lowest BCUT2D eigenvalue weighted by Crippen LogP contribution is -2.53. The molecule has 12 nitrogen and oxygen atoms in total. The number of nitrogens with one attached hydrogen (secondary N) is 1. The fourth-order valence-corrected chi connectivity index (χ4v) is 5.66. The van der Waals surface area contributed by atoms with E-state index in [0.717, 1.165) is 18.3 Å². The summed E-state index contributed by atoms with van der Waals surface area (Å²) >= 11 is 0. The number of nitrogens with zero attached hydrogens (tertiary/aromatic N) is 5. The van der Waals surface area contributed by atoms with Crippen molar-refractivity contribution >= 4 is 37.6 Å². The molecule has 1 aliphatic rings. The Morgan fingerprint density at radius 1 is 1.07 bits per heavy atom. The van der Waals surface area contributed by atoms with E-state index >= 15 is 0 Å². The number of anilines is 3. The van der Waals surface area contributed by atoms with Crippen LogP contribution in [0.4, 0.5) is 35.3 Å². The van der Waals surface area contributed by atoms with Crippen LogP contribution in [-0.4, -0.2) is 65.6 Å². The minimum atomic E-state index is -4.71. The summed E-state index contributed by atoms with van der Waals surface area (Å²) in [7, 11) is -2.15. The lowest BCUT2D eigenvalue weighted by molar-refractivity contribution is -0.137. The van der Waals surface area contributed by atoms with Gasteiger partial charge in [-0.1, -0.05) is 20.8 Å². The Hall–Kier alpha value is -4.31. The Morgan fingerprint density at radius 3 is 2.33 bits per heavy atom. The third-order valence-electron chi connectivity index (χ3n) is 8.22. The first-order valence-corrected chi connectivity index (χ1v) is 17.1. The van der Waals surface area contributed by atoms with Crippen LogP contribution in [0.1, 0.15) is 49.7 Å². The monoisotopic (exact) mass is 646 g/mol. The van der Waals surface area contributed by atoms with Crippen molar-refractivity contribution in [2.75, 3.05) is 35.6 Å². The number of nitrogen functional groups attached to an aromatic ring is 1. The Kier molecular flexibility index (Phi) is 9.39. The van der Waals surface area contributed by atoms with Gasteiger partial charge in [0.05, 0.1) is 24.1 Å². The highest BCUT2D eigenvalue weighted by Gasteiger charge is 2.44. The van der Waals surface area contributed by atoms with Crippen molar-refractivity contribution < 1.29 is 31.9 Å². The number of carbonyl (C=O) groups excluding carboxylic acids is 2. The number of alkyl halides is 3. The fourth-order valence-electron chi connectivity index (χ4n) is 4.61. The standard InChI is InChI=1S/C29H37F3N8O4Si/c1-27(2,3)45(4,5)43-17-28(44-26(34)42)10-14-40(15-11-28)20-9-7-13-36-24(20)39-25(41)22-23(33)37-16-19(38-22)21-18(29(30,31)32)8-6-12-35-21/h6-9,12-13,16H,10-11,14-15,17H2,1-5H3,(H2,33,37)(H2,34,42)(H,36,39,41). The molecule has 1 fully saturated rings. The summed E-state index contributed by atoms with van der Waals surface area (Å²) in [5, 5.41) is 2.62. The zero-order valence-electron chi connectivity index (χ0n) is 25.7. The number of nitrogens with two attached hydrogens (primary N) is 2. The molecule has 1 saturated heterocycles. The van der Waals surface area contributed by atoms with E-state index in [1.807, 2.05) is 4.90 Å². The molecule has 3 aromatic rings. The van der Waals surface area contributed by atoms with Gasteiger partial charge in [0.2, 0.25) is 0 Å². The molecule has 0 radical (unpaired) electrons. The molecule has 5 N–H and O–H groups in total. The topological polar surface area (TPSA) is 171 Å². The number of primary amides is 1. The first-order chi connectivity index (χ1) is 20.9. The summed E-state index contributed by atoms with van der Waals surface area (Å²) in [6, 6.07) is 5.47. The molecular formula is C29H37F3N8O4Si. The van der Waals surface area contributed by atoms with Gasteiger partial charge in [0.1, 0.15) is 17.0 Å². The molecule has 0 bridgehead atoms. The van der Waals surface area contributed by atoms with Gasteiger partial charge >= 0.3 is 12.3 Å². The number of piperidine rings is 1. The predicted molar refractivity (Wildman–Crippen MR) is 165 cm³/mol. The molecular weight excluding hydrogens is 609 g/mol. The maximum atomic E-state index is 13.6. The first-order valence-electron chi connectivity index (χ1n) is 14.2. The lowest BCUT2D eigenvalue weighted by Gasteiger charge is -2.44. The minimum Gasteiger partial charge on any atom is -0.441 e. The lowest BCUT2D eigenvalue weighted by atomic mass is 9.91. The SMILES string of the molecule is CC(C)(C)[Si](C)(C)OCC1(OC(N)=O)CCN(c2cccnc2NC(=O)c2nc(-c3ncccc3C(F)(F)F)cnc2N)CC1. The zero-order valence-corrected chi connectivity index (χ0v) is 26.7. The Balaban J connectivity index is 1.54. The van der Waals surface area contributed by atoms with Gasteiger partial charge in [0.15, 0.2) is 25.6 Å². The molecule has 0 aliphatic carbocycles. The van der Waals surface area contributed by atoms with Gasteiger partial charge in [0, 0.05) is 38.3 Å². The van der Waals surface area contributed by atoms with Crippen LogP contribution in [0.15, 0.2) is 42.9 Å². The molecule has 0 spiro atoms. The van der Waals surface area contributed by atoms with Crippen molar-refractivity contribution in [2.24, 2.45) is 5.73 Å². The van der Waals surface area contributed by atoms with Crippen molar-refractivity contribution in [1.82, 2.24) is 19.9 Å². The average molecular weight is 647 g/mol. The first kappa shape index (κ1) is 33.6. The molecule has 0 unspecified atom stereocenters. The molecule has 4 rings (SSSR count). The van der Waals surface area contributed by atoms with Gasteiger partial charge < -0.3 is 30.8 Å². The van der Waals surface area contributed by atoms with Crippen LogP contribution in [0.2, 0.25) is 18.1 Å². The molecule has 242 valence electrons. The highest BCUT2D eigenvalue weighted by atomic mass is 28.4. The van der Waals surface area contributed by atoms with Crippen LogP contribution in [0.5, 0.6) is 0 Å². The number of aromatic nitrogens is 4. The summed E-state index contributed by atoms with van der Waals surface area (Å²) in [5.74, 6) is -0.937. The molecule has 3 aromatic heterocycles. The number of hydrogen-bond acceptors (Lipinski definition) is 10. The average Bonchev–Trinajstić information content (AvgIpc) is 2.96. The van der Waals surface area contributed by atoms with E-state index in [1.165, 1.54) is 12.4 Å². The smallest absolute Gasteiger partial charge is 0.418 e. The molecule has 2 amide bonds. The molecule has 0 atom stereocenters. The highest BCUT2D eigenvalue weighted by molar-refractivity contribution is 6.74. The molecule has 0 aromatic carbocycles. The molecule has 45 heavy (non-hydrogen) atoms. The summed E-state index contributed by atoms with van der Waals surface area (Å²) in [6.07, 6.45) is -1.10. The van der Waals surface area contributed by atoms with E-state index in [0.29, 0.717) is 31.6 Å². The third-order valence-corrected chi connectivity index (χ3v) is 12.7. The van der Waals surface area contributed by atoms with Crippen molar-refractivity contribution in [1.29, 1.82) is 0 Å². The summed E-state index contributed by atoms with van der Waals surface area (Å²) in [6.45, 7) is 11.6. The van der Waals surface area contributed by atoms with Gasteiger partial charge in [-0.05, 0) is 42.4 Å². The quantitative estimate of drug-likeness (QED) is 0.275. The number of pyridine rings is 2. The molecule has 0 saturated carbocycles. The zero-order chi connectivity index (χ0) is 33.2. The van der Waals surface area contributed by atoms with Crippen LogP contribution < -0.4 is 21.7 Å². The number of rotatable bonds is 8. The normalized spacial score (nSPS) is 15.4. The van der Waals surface area contributed by atoms with E-state index in [4.69, 9.17) is 20.6 Å². The number of ether oxygens (including phenoxy) is 1. The second-order valence-electron chi connectivity index (χ2n) is 12.4. The van der Waals surface area contributed by atoms with Gasteiger partial charge in [-0.15, -0.1) is 0 Å². The van der Waals surface area contributed by atoms with E-state index in [9.17, 15) is 22.8 Å². The largest absolute Gasteiger partial charge is 0.441 e. The Labute approximate surface area is 259 Å². The predicted octanol–water partition coefficient (Wildman–Crippen LogP) is 5.24. The van der Waals surface area contributed by atoms with Crippen LogP contribution >= 0.6 is 0 Å². The van der Waals surface area contributed by atoms with Crippen LogP contribution in [0, 0.1) is 0 Å². The minimum absolute atomic E-state index is 0.0457. The summed E-state index contributed by atoms with van der Waals surface area (Å²) in [4.78, 5) is 43.3. The number of carbonyl (C=O) groups is 2.